The fourth-order valence-corrected chi connectivity index (χ4v) is 8.42. The van der Waals surface area contributed by atoms with Crippen molar-refractivity contribution in [3.8, 4) is 0 Å². The molecular formula is C28H46. The molecule has 0 aromatic carbocycles. The minimum atomic E-state index is 0.568. The van der Waals surface area contributed by atoms with Crippen molar-refractivity contribution in [2.45, 2.75) is 105 Å². The van der Waals surface area contributed by atoms with Gasteiger partial charge in [-0.25, -0.2) is 0 Å². The summed E-state index contributed by atoms with van der Waals surface area (Å²) >= 11 is 0. The van der Waals surface area contributed by atoms with Crippen LogP contribution in [0.4, 0.5) is 0 Å². The Balaban J connectivity index is 1.50. The first-order valence-corrected chi connectivity index (χ1v) is 12.6. The largest absolute Gasteiger partial charge is 0.0996 e. The highest BCUT2D eigenvalue weighted by molar-refractivity contribution is 5.27. The zero-order valence-corrected chi connectivity index (χ0v) is 19.5. The Kier molecular flexibility index (Phi) is 5.65. The summed E-state index contributed by atoms with van der Waals surface area (Å²) in [5.41, 5.74) is 4.60. The second-order valence-electron chi connectivity index (χ2n) is 12.1. The molecule has 28 heavy (non-hydrogen) atoms. The van der Waals surface area contributed by atoms with E-state index < -0.39 is 0 Å². The van der Waals surface area contributed by atoms with Crippen LogP contribution in [0.25, 0.3) is 0 Å². The second-order valence-corrected chi connectivity index (χ2v) is 12.1. The lowest BCUT2D eigenvalue weighted by Crippen LogP contribution is -2.48. The number of fused-ring (bicyclic) bond motifs is 5. The van der Waals surface area contributed by atoms with E-state index >= 15 is 0 Å². The SMILES string of the molecule is C=C(CCC(C)C1CCC2C3=CCC4CCCCC4(C)C3CCC21C)C(C)C. The molecule has 0 aromatic heterocycles. The Morgan fingerprint density at radius 2 is 1.75 bits per heavy atom. The van der Waals surface area contributed by atoms with Gasteiger partial charge in [0.05, 0.1) is 0 Å². The van der Waals surface area contributed by atoms with E-state index in [4.69, 9.17) is 0 Å². The number of hydrogen-bond donors (Lipinski definition) is 0. The molecule has 0 heterocycles. The van der Waals surface area contributed by atoms with Crippen LogP contribution in [-0.2, 0) is 0 Å². The molecule has 0 amide bonds. The summed E-state index contributed by atoms with van der Waals surface area (Å²) in [5, 5.41) is 0. The van der Waals surface area contributed by atoms with Gasteiger partial charge in [-0.1, -0.05) is 71.3 Å². The van der Waals surface area contributed by atoms with Crippen molar-refractivity contribution in [1.82, 2.24) is 0 Å². The molecule has 3 saturated carbocycles. The molecule has 0 aromatic rings. The summed E-state index contributed by atoms with van der Waals surface area (Å²) in [6.45, 7) is 16.9. The number of allylic oxidation sites excluding steroid dienone is 3. The van der Waals surface area contributed by atoms with Crippen LogP contribution in [0.5, 0.6) is 0 Å². The van der Waals surface area contributed by atoms with E-state index in [0.29, 0.717) is 16.7 Å². The Morgan fingerprint density at radius 1 is 1.00 bits per heavy atom. The normalized spacial score (nSPS) is 43.7. The molecule has 4 aliphatic carbocycles. The fraction of sp³-hybridized carbons (Fsp3) is 0.857. The molecular weight excluding hydrogens is 336 g/mol. The lowest BCUT2D eigenvalue weighted by atomic mass is 9.48. The summed E-state index contributed by atoms with van der Waals surface area (Å²) in [5.74, 6) is 5.22. The lowest BCUT2D eigenvalue weighted by Gasteiger charge is -2.57. The Morgan fingerprint density at radius 3 is 2.50 bits per heavy atom. The third kappa shape index (κ3) is 3.26. The smallest absolute Gasteiger partial charge is 0.0143 e. The van der Waals surface area contributed by atoms with Gasteiger partial charge < -0.3 is 0 Å². The fourth-order valence-electron chi connectivity index (χ4n) is 8.42. The van der Waals surface area contributed by atoms with E-state index in [0.717, 1.165) is 29.6 Å². The van der Waals surface area contributed by atoms with Crippen LogP contribution in [0.1, 0.15) is 105 Å². The van der Waals surface area contributed by atoms with Gasteiger partial charge in [0.15, 0.2) is 0 Å². The van der Waals surface area contributed by atoms with Crippen molar-refractivity contribution >= 4 is 0 Å². The van der Waals surface area contributed by atoms with Gasteiger partial charge in [-0.3, -0.25) is 0 Å². The topological polar surface area (TPSA) is 0 Å². The molecule has 3 fully saturated rings. The van der Waals surface area contributed by atoms with Crippen molar-refractivity contribution in [1.29, 1.82) is 0 Å². The summed E-state index contributed by atoms with van der Waals surface area (Å²) in [7, 11) is 0. The predicted molar refractivity (Wildman–Crippen MR) is 122 cm³/mol. The van der Waals surface area contributed by atoms with E-state index in [1.165, 1.54) is 76.2 Å². The van der Waals surface area contributed by atoms with E-state index in [1.807, 2.05) is 5.57 Å². The maximum absolute atomic E-state index is 4.34. The van der Waals surface area contributed by atoms with Crippen molar-refractivity contribution in [3.05, 3.63) is 23.8 Å². The average Bonchev–Trinajstić information content (AvgIpc) is 3.02. The van der Waals surface area contributed by atoms with Crippen LogP contribution in [0, 0.1) is 46.3 Å². The van der Waals surface area contributed by atoms with Gasteiger partial charge >= 0.3 is 0 Å². The van der Waals surface area contributed by atoms with Crippen LogP contribution in [0.3, 0.4) is 0 Å². The molecule has 0 aliphatic heterocycles. The van der Waals surface area contributed by atoms with Gasteiger partial charge in [-0.2, -0.15) is 0 Å². The molecule has 0 bridgehead atoms. The monoisotopic (exact) mass is 382 g/mol. The van der Waals surface area contributed by atoms with E-state index in [9.17, 15) is 0 Å². The van der Waals surface area contributed by atoms with Gasteiger partial charge in [0.1, 0.15) is 0 Å². The predicted octanol–water partition coefficient (Wildman–Crippen LogP) is 8.58. The highest BCUT2D eigenvalue weighted by Gasteiger charge is 2.57. The minimum Gasteiger partial charge on any atom is -0.0996 e. The Bertz CT molecular complexity index is 624. The Labute approximate surface area is 175 Å². The number of rotatable bonds is 5. The molecule has 7 atom stereocenters. The Hall–Kier alpha value is -0.520. The third-order valence-electron chi connectivity index (χ3n) is 10.5. The quantitative estimate of drug-likeness (QED) is 0.418. The molecule has 158 valence electrons. The van der Waals surface area contributed by atoms with Crippen molar-refractivity contribution in [3.63, 3.8) is 0 Å². The highest BCUT2D eigenvalue weighted by atomic mass is 14.6. The zero-order valence-electron chi connectivity index (χ0n) is 19.5. The van der Waals surface area contributed by atoms with Crippen molar-refractivity contribution < 1.29 is 0 Å². The van der Waals surface area contributed by atoms with Gasteiger partial charge in [0.25, 0.3) is 0 Å². The van der Waals surface area contributed by atoms with Gasteiger partial charge in [-0.15, -0.1) is 0 Å². The van der Waals surface area contributed by atoms with Crippen molar-refractivity contribution in [2.75, 3.05) is 0 Å². The van der Waals surface area contributed by atoms with E-state index in [1.54, 1.807) is 0 Å². The average molecular weight is 383 g/mol. The van der Waals surface area contributed by atoms with Crippen LogP contribution >= 0.6 is 0 Å². The van der Waals surface area contributed by atoms with E-state index in [-0.39, 0.29) is 0 Å². The zero-order chi connectivity index (χ0) is 20.1. The molecule has 0 heteroatoms. The van der Waals surface area contributed by atoms with Gasteiger partial charge in [0, 0.05) is 0 Å². The summed E-state index contributed by atoms with van der Waals surface area (Å²) in [6.07, 6.45) is 18.6. The number of hydrogen-bond acceptors (Lipinski definition) is 0. The second kappa shape index (κ2) is 7.63. The molecule has 0 radical (unpaired) electrons. The van der Waals surface area contributed by atoms with Crippen LogP contribution in [0.2, 0.25) is 0 Å². The first kappa shape index (κ1) is 20.7. The molecule has 0 spiro atoms. The highest BCUT2D eigenvalue weighted by Crippen LogP contribution is 2.66. The molecule has 0 nitrogen and oxygen atoms in total. The third-order valence-corrected chi connectivity index (χ3v) is 10.5. The summed E-state index contributed by atoms with van der Waals surface area (Å²) in [4.78, 5) is 0. The lowest BCUT2D eigenvalue weighted by molar-refractivity contribution is -0.00783. The molecule has 0 saturated heterocycles. The molecule has 4 aliphatic rings. The van der Waals surface area contributed by atoms with Gasteiger partial charge in [0.2, 0.25) is 0 Å². The van der Waals surface area contributed by atoms with Crippen LogP contribution in [-0.4, -0.2) is 0 Å². The maximum Gasteiger partial charge on any atom is -0.0143 e. The molecule has 7 unspecified atom stereocenters. The maximum atomic E-state index is 4.34. The molecule has 4 rings (SSSR count). The standard InChI is InChI=1S/C28H46/c1-19(2)20(3)10-11-21(4)24-14-15-25-23-13-12-22-9-7-8-17-27(22,5)26(23)16-18-28(24,25)6/h13,19,21-22,24-26H,3,7-12,14-18H2,1-2,4-6H3. The summed E-state index contributed by atoms with van der Waals surface area (Å²) < 4.78 is 0. The first-order valence-electron chi connectivity index (χ1n) is 12.6. The van der Waals surface area contributed by atoms with Crippen molar-refractivity contribution in [2.24, 2.45) is 46.3 Å². The van der Waals surface area contributed by atoms with Crippen LogP contribution in [0.15, 0.2) is 23.8 Å². The summed E-state index contributed by atoms with van der Waals surface area (Å²) in [6, 6.07) is 0. The minimum absolute atomic E-state index is 0.568. The first-order chi connectivity index (χ1) is 13.3. The van der Waals surface area contributed by atoms with Gasteiger partial charge in [-0.05, 0) is 104 Å². The van der Waals surface area contributed by atoms with Crippen LogP contribution < -0.4 is 0 Å². The molecule has 0 N–H and O–H groups in total. The van der Waals surface area contributed by atoms with E-state index in [2.05, 4.69) is 47.3 Å².